The predicted octanol–water partition coefficient (Wildman–Crippen LogP) is 4.35. The summed E-state index contributed by atoms with van der Waals surface area (Å²) in [4.78, 5) is 19.4. The average molecular weight is 349 g/mol. The lowest BCUT2D eigenvalue weighted by atomic mass is 10.0. The lowest BCUT2D eigenvalue weighted by molar-refractivity contribution is 0.0697. The van der Waals surface area contributed by atoms with E-state index in [-0.39, 0.29) is 30.4 Å². The molecule has 3 aromatic rings. The Morgan fingerprint density at radius 2 is 1.52 bits per heavy atom. The summed E-state index contributed by atoms with van der Waals surface area (Å²) in [6.45, 7) is 0. The zero-order valence-corrected chi connectivity index (χ0v) is 13.6. The number of aromatic carboxylic acids is 1. The first-order valence-corrected chi connectivity index (χ1v) is 6.44. The molecule has 0 aliphatic heterocycles. The lowest BCUT2D eigenvalue weighted by Crippen LogP contribution is -1.96. The van der Waals surface area contributed by atoms with Gasteiger partial charge in [0.05, 0.1) is 11.3 Å². The minimum atomic E-state index is -0.942. The fourth-order valence-corrected chi connectivity index (χ4v) is 2.12. The van der Waals surface area contributed by atoms with Gasteiger partial charge < -0.3 is 5.11 Å². The van der Waals surface area contributed by atoms with E-state index in [0.29, 0.717) is 0 Å². The smallest absolute Gasteiger partial charge is 0.335 e. The van der Waals surface area contributed by atoms with Crippen molar-refractivity contribution in [2.45, 2.75) is 0 Å². The van der Waals surface area contributed by atoms with Gasteiger partial charge in [-0.15, -0.1) is 24.8 Å². The van der Waals surface area contributed by atoms with E-state index < -0.39 is 5.97 Å². The predicted molar refractivity (Wildman–Crippen MR) is 94.4 cm³/mol. The van der Waals surface area contributed by atoms with Gasteiger partial charge in [0.1, 0.15) is 0 Å². The van der Waals surface area contributed by atoms with Crippen LogP contribution in [-0.2, 0) is 0 Å². The van der Waals surface area contributed by atoms with Crippen LogP contribution < -0.4 is 0 Å². The van der Waals surface area contributed by atoms with Crippen LogP contribution in [0.5, 0.6) is 0 Å². The van der Waals surface area contributed by atoms with Gasteiger partial charge in [0.2, 0.25) is 0 Å². The lowest BCUT2D eigenvalue weighted by Gasteiger charge is -2.05. The maximum absolute atomic E-state index is 11.0. The summed E-state index contributed by atoms with van der Waals surface area (Å²) in [7, 11) is 0. The van der Waals surface area contributed by atoms with Gasteiger partial charge in [-0.3, -0.25) is 9.97 Å². The van der Waals surface area contributed by atoms with Gasteiger partial charge in [-0.25, -0.2) is 4.79 Å². The number of carbonyl (C=O) groups is 1. The summed E-state index contributed by atoms with van der Waals surface area (Å²) in [5.74, 6) is -0.942. The number of hydrogen-bond acceptors (Lipinski definition) is 3. The Balaban J connectivity index is 0.00000132. The molecule has 6 heteroatoms. The van der Waals surface area contributed by atoms with E-state index in [1.54, 1.807) is 36.8 Å². The number of carboxylic acids is 1. The molecule has 0 atom stereocenters. The van der Waals surface area contributed by atoms with Crippen molar-refractivity contribution < 1.29 is 9.90 Å². The quantitative estimate of drug-likeness (QED) is 0.763. The molecule has 2 heterocycles. The van der Waals surface area contributed by atoms with E-state index in [1.165, 1.54) is 0 Å². The molecule has 0 aliphatic carbocycles. The molecule has 0 aliphatic rings. The molecule has 0 spiro atoms. The summed E-state index contributed by atoms with van der Waals surface area (Å²) < 4.78 is 0. The van der Waals surface area contributed by atoms with Crippen LogP contribution in [0.2, 0.25) is 0 Å². The summed E-state index contributed by atoms with van der Waals surface area (Å²) in [6.07, 6.45) is 5.19. The van der Waals surface area contributed by atoms with E-state index in [9.17, 15) is 4.79 Å². The Morgan fingerprint density at radius 1 is 0.826 bits per heavy atom. The number of hydrogen-bond donors (Lipinski definition) is 1. The molecule has 118 valence electrons. The molecule has 2 aromatic heterocycles. The minimum absolute atomic E-state index is 0. The first-order chi connectivity index (χ1) is 10.2. The van der Waals surface area contributed by atoms with Crippen molar-refractivity contribution in [2.75, 3.05) is 0 Å². The second kappa shape index (κ2) is 8.27. The standard InChI is InChI=1S/C17H12N2O2.2ClH/c20-17(21)15-3-1-2-14(10-15)16-11-13(6-9-19-16)12-4-7-18-8-5-12;;/h1-11H,(H,20,21);2*1H. The van der Waals surface area contributed by atoms with Gasteiger partial charge in [-0.2, -0.15) is 0 Å². The van der Waals surface area contributed by atoms with Gasteiger partial charge in [-0.1, -0.05) is 12.1 Å². The fraction of sp³-hybridized carbons (Fsp3) is 0. The van der Waals surface area contributed by atoms with Crippen LogP contribution in [0.1, 0.15) is 10.4 Å². The van der Waals surface area contributed by atoms with E-state index in [4.69, 9.17) is 5.11 Å². The Hall–Kier alpha value is -2.43. The van der Waals surface area contributed by atoms with Crippen LogP contribution in [0.4, 0.5) is 0 Å². The Morgan fingerprint density at radius 3 is 2.22 bits per heavy atom. The molecule has 1 aromatic carbocycles. The van der Waals surface area contributed by atoms with Gasteiger partial charge in [0.15, 0.2) is 0 Å². The number of benzene rings is 1. The highest BCUT2D eigenvalue weighted by Crippen LogP contribution is 2.24. The molecule has 0 unspecified atom stereocenters. The van der Waals surface area contributed by atoms with E-state index in [1.807, 2.05) is 30.3 Å². The number of aromatic nitrogens is 2. The van der Waals surface area contributed by atoms with Gasteiger partial charge in [-0.05, 0) is 47.5 Å². The summed E-state index contributed by atoms with van der Waals surface area (Å²) >= 11 is 0. The second-order valence-electron chi connectivity index (χ2n) is 4.55. The van der Waals surface area contributed by atoms with Gasteiger partial charge in [0, 0.05) is 24.2 Å². The van der Waals surface area contributed by atoms with Crippen molar-refractivity contribution in [3.8, 4) is 22.4 Å². The molecular weight excluding hydrogens is 335 g/mol. The van der Waals surface area contributed by atoms with E-state index in [2.05, 4.69) is 9.97 Å². The minimum Gasteiger partial charge on any atom is -0.478 e. The third kappa shape index (κ3) is 4.28. The zero-order chi connectivity index (χ0) is 14.7. The van der Waals surface area contributed by atoms with Gasteiger partial charge >= 0.3 is 5.97 Å². The molecule has 1 N–H and O–H groups in total. The molecule has 0 amide bonds. The number of rotatable bonds is 3. The first-order valence-electron chi connectivity index (χ1n) is 6.44. The Kier molecular flexibility index (Phi) is 6.69. The summed E-state index contributed by atoms with van der Waals surface area (Å²) in [5.41, 5.74) is 3.84. The molecule has 0 saturated carbocycles. The van der Waals surface area contributed by atoms with Crippen LogP contribution in [-0.4, -0.2) is 21.0 Å². The molecule has 23 heavy (non-hydrogen) atoms. The van der Waals surface area contributed by atoms with Crippen LogP contribution in [0.25, 0.3) is 22.4 Å². The maximum atomic E-state index is 11.0. The molecule has 0 bridgehead atoms. The zero-order valence-electron chi connectivity index (χ0n) is 11.9. The molecule has 0 radical (unpaired) electrons. The van der Waals surface area contributed by atoms with Crippen molar-refractivity contribution in [2.24, 2.45) is 0 Å². The molecule has 3 rings (SSSR count). The third-order valence-corrected chi connectivity index (χ3v) is 3.18. The molecule has 0 fully saturated rings. The number of pyridine rings is 2. The fourth-order valence-electron chi connectivity index (χ4n) is 2.12. The van der Waals surface area contributed by atoms with E-state index >= 15 is 0 Å². The number of nitrogens with zero attached hydrogens (tertiary/aromatic N) is 2. The Labute approximate surface area is 146 Å². The van der Waals surface area contributed by atoms with Crippen LogP contribution in [0.15, 0.2) is 67.1 Å². The second-order valence-corrected chi connectivity index (χ2v) is 4.55. The summed E-state index contributed by atoms with van der Waals surface area (Å²) in [5, 5.41) is 9.06. The van der Waals surface area contributed by atoms with Crippen molar-refractivity contribution in [3.05, 3.63) is 72.7 Å². The molecule has 4 nitrogen and oxygen atoms in total. The normalized spacial score (nSPS) is 9.39. The van der Waals surface area contributed by atoms with Crippen LogP contribution in [0.3, 0.4) is 0 Å². The highest BCUT2D eigenvalue weighted by atomic mass is 35.5. The van der Waals surface area contributed by atoms with Gasteiger partial charge in [0.25, 0.3) is 0 Å². The van der Waals surface area contributed by atoms with Crippen molar-refractivity contribution in [3.63, 3.8) is 0 Å². The van der Waals surface area contributed by atoms with Crippen LogP contribution in [0, 0.1) is 0 Å². The molecular formula is C17H14Cl2N2O2. The largest absolute Gasteiger partial charge is 0.478 e. The highest BCUT2D eigenvalue weighted by Gasteiger charge is 2.07. The molecule has 0 saturated heterocycles. The number of halogens is 2. The first kappa shape index (κ1) is 18.6. The van der Waals surface area contributed by atoms with Crippen molar-refractivity contribution in [1.82, 2.24) is 9.97 Å². The summed E-state index contributed by atoms with van der Waals surface area (Å²) in [6, 6.07) is 14.5. The monoisotopic (exact) mass is 348 g/mol. The SMILES string of the molecule is Cl.Cl.O=C(O)c1cccc(-c2cc(-c3ccncc3)ccn2)c1. The van der Waals surface area contributed by atoms with Crippen molar-refractivity contribution in [1.29, 1.82) is 0 Å². The highest BCUT2D eigenvalue weighted by molar-refractivity contribution is 5.89. The Bertz CT molecular complexity index is 795. The topological polar surface area (TPSA) is 63.1 Å². The van der Waals surface area contributed by atoms with E-state index in [0.717, 1.165) is 22.4 Å². The average Bonchev–Trinajstić information content (AvgIpc) is 2.56. The number of carboxylic acid groups (broad SMARTS) is 1. The third-order valence-electron chi connectivity index (χ3n) is 3.18. The maximum Gasteiger partial charge on any atom is 0.335 e. The van der Waals surface area contributed by atoms with Crippen LogP contribution >= 0.6 is 24.8 Å². The van der Waals surface area contributed by atoms with Crippen molar-refractivity contribution >= 4 is 30.8 Å².